The van der Waals surface area contributed by atoms with Crippen LogP contribution in [0, 0.1) is 0 Å². The first-order chi connectivity index (χ1) is 5.56. The normalized spacial score (nSPS) is 12.0. The van der Waals surface area contributed by atoms with Crippen molar-refractivity contribution >= 4 is 8.07 Å². The van der Waals surface area contributed by atoms with E-state index in [4.69, 9.17) is 0 Å². The molecule has 0 saturated carbocycles. The van der Waals surface area contributed by atoms with Gasteiger partial charge in [0.2, 0.25) is 0 Å². The van der Waals surface area contributed by atoms with E-state index in [-0.39, 0.29) is 0 Å². The zero-order valence-electron chi connectivity index (χ0n) is 9.24. The van der Waals surface area contributed by atoms with Gasteiger partial charge in [-0.3, -0.25) is 0 Å². The summed E-state index contributed by atoms with van der Waals surface area (Å²) in [6.45, 7) is 10.7. The second kappa shape index (κ2) is 6.67. The molecular formula is C10H25NSi. The molecule has 0 aromatic rings. The Morgan fingerprint density at radius 2 is 1.67 bits per heavy atom. The lowest BCUT2D eigenvalue weighted by atomic mass is 10.2. The Morgan fingerprint density at radius 3 is 2.17 bits per heavy atom. The summed E-state index contributed by atoms with van der Waals surface area (Å²) < 4.78 is 0. The second-order valence-electron chi connectivity index (χ2n) is 4.80. The van der Waals surface area contributed by atoms with Gasteiger partial charge in [-0.05, 0) is 19.1 Å². The minimum atomic E-state index is -0.837. The zero-order valence-corrected chi connectivity index (χ0v) is 10.2. The minimum Gasteiger partial charge on any atom is -0.319 e. The quantitative estimate of drug-likeness (QED) is 0.477. The van der Waals surface area contributed by atoms with Crippen LogP contribution < -0.4 is 5.32 Å². The van der Waals surface area contributed by atoms with Crippen molar-refractivity contribution in [1.82, 2.24) is 5.32 Å². The maximum atomic E-state index is 3.55. The number of nitrogens with one attached hydrogen (secondary N) is 1. The first-order valence-corrected chi connectivity index (χ1v) is 8.97. The molecule has 2 heteroatoms. The third-order valence-corrected chi connectivity index (χ3v) is 3.17. The molecule has 1 N–H and O–H groups in total. The number of hydrogen-bond donors (Lipinski definition) is 1. The van der Waals surface area contributed by atoms with Crippen molar-refractivity contribution in [2.75, 3.05) is 12.7 Å². The molecular weight excluding hydrogens is 162 g/mol. The first-order valence-electron chi connectivity index (χ1n) is 5.27. The van der Waals surface area contributed by atoms with E-state index >= 15 is 0 Å². The van der Waals surface area contributed by atoms with Crippen LogP contribution in [0.4, 0.5) is 0 Å². The molecule has 0 amide bonds. The summed E-state index contributed by atoms with van der Waals surface area (Å²) in [5, 5.41) is 3.55. The van der Waals surface area contributed by atoms with Crippen molar-refractivity contribution < 1.29 is 0 Å². The van der Waals surface area contributed by atoms with Crippen molar-refractivity contribution in [2.45, 2.75) is 52.2 Å². The molecule has 0 aliphatic rings. The highest BCUT2D eigenvalue weighted by molar-refractivity contribution is 6.76. The van der Waals surface area contributed by atoms with E-state index in [1.807, 2.05) is 0 Å². The highest BCUT2D eigenvalue weighted by Gasteiger charge is 2.10. The van der Waals surface area contributed by atoms with Crippen LogP contribution in [0.25, 0.3) is 0 Å². The van der Waals surface area contributed by atoms with E-state index in [0.29, 0.717) is 0 Å². The molecule has 0 saturated heterocycles. The van der Waals surface area contributed by atoms with Gasteiger partial charge in [-0.2, -0.15) is 0 Å². The summed E-state index contributed by atoms with van der Waals surface area (Å²) in [5.41, 5.74) is 0. The van der Waals surface area contributed by atoms with Gasteiger partial charge in [0, 0.05) is 0 Å². The lowest BCUT2D eigenvalue weighted by molar-refractivity contribution is 0.625. The predicted octanol–water partition coefficient (Wildman–Crippen LogP) is 3.03. The Balaban J connectivity index is 3.01. The standard InChI is InChI=1S/C10H25NSi/c1-5-6-7-8-9-11-10-12(2,3)4/h11H,5-10H2,1-4H3. The van der Waals surface area contributed by atoms with E-state index in [1.54, 1.807) is 0 Å². The van der Waals surface area contributed by atoms with Crippen LogP contribution in [0.2, 0.25) is 19.6 Å². The maximum absolute atomic E-state index is 3.55. The second-order valence-corrected chi connectivity index (χ2v) is 10.3. The monoisotopic (exact) mass is 187 g/mol. The average Bonchev–Trinajstić information content (AvgIpc) is 1.94. The van der Waals surface area contributed by atoms with E-state index < -0.39 is 8.07 Å². The fraction of sp³-hybridized carbons (Fsp3) is 1.00. The molecule has 0 unspecified atom stereocenters. The molecule has 1 nitrogen and oxygen atoms in total. The van der Waals surface area contributed by atoms with Crippen LogP contribution in [-0.2, 0) is 0 Å². The molecule has 0 aliphatic heterocycles. The molecule has 0 spiro atoms. The first kappa shape index (κ1) is 12.2. The molecule has 0 fully saturated rings. The SMILES string of the molecule is CCCCCCNC[Si](C)(C)C. The zero-order chi connectivity index (χ0) is 9.45. The number of unbranched alkanes of at least 4 members (excludes halogenated alkanes) is 3. The van der Waals surface area contributed by atoms with E-state index in [2.05, 4.69) is 31.9 Å². The third kappa shape index (κ3) is 10.2. The Morgan fingerprint density at radius 1 is 1.00 bits per heavy atom. The largest absolute Gasteiger partial charge is 0.319 e. The van der Waals surface area contributed by atoms with Crippen LogP contribution in [0.1, 0.15) is 32.6 Å². The average molecular weight is 187 g/mol. The van der Waals surface area contributed by atoms with Gasteiger partial charge in [-0.1, -0.05) is 45.8 Å². The smallest absolute Gasteiger partial charge is 0.0595 e. The minimum absolute atomic E-state index is 0.837. The van der Waals surface area contributed by atoms with Crippen LogP contribution in [0.3, 0.4) is 0 Å². The van der Waals surface area contributed by atoms with Crippen molar-refractivity contribution in [2.24, 2.45) is 0 Å². The molecule has 0 aromatic heterocycles. The predicted molar refractivity (Wildman–Crippen MR) is 60.4 cm³/mol. The number of rotatable bonds is 7. The molecule has 74 valence electrons. The van der Waals surface area contributed by atoms with Crippen LogP contribution in [0.5, 0.6) is 0 Å². The lowest BCUT2D eigenvalue weighted by Crippen LogP contribution is -2.36. The summed E-state index contributed by atoms with van der Waals surface area (Å²) in [6.07, 6.45) is 6.77. The summed E-state index contributed by atoms with van der Waals surface area (Å²) in [6, 6.07) is 0. The van der Waals surface area contributed by atoms with Gasteiger partial charge in [-0.15, -0.1) is 0 Å². The maximum Gasteiger partial charge on any atom is 0.0595 e. The summed E-state index contributed by atoms with van der Waals surface area (Å²) in [4.78, 5) is 0. The summed E-state index contributed by atoms with van der Waals surface area (Å²) in [5.74, 6) is 0. The van der Waals surface area contributed by atoms with Gasteiger partial charge < -0.3 is 5.32 Å². The van der Waals surface area contributed by atoms with Crippen molar-refractivity contribution in [3.05, 3.63) is 0 Å². The van der Waals surface area contributed by atoms with E-state index in [9.17, 15) is 0 Å². The van der Waals surface area contributed by atoms with Gasteiger partial charge in [0.1, 0.15) is 0 Å². The molecule has 0 aromatic carbocycles. The third-order valence-electron chi connectivity index (χ3n) is 1.86. The Kier molecular flexibility index (Phi) is 6.77. The Labute approximate surface area is 79.0 Å². The van der Waals surface area contributed by atoms with Gasteiger partial charge >= 0.3 is 0 Å². The highest BCUT2D eigenvalue weighted by atomic mass is 28.3. The van der Waals surface area contributed by atoms with Crippen molar-refractivity contribution in [3.8, 4) is 0 Å². The van der Waals surface area contributed by atoms with Crippen molar-refractivity contribution in [3.63, 3.8) is 0 Å². The Bertz CT molecular complexity index is 96.5. The fourth-order valence-electron chi connectivity index (χ4n) is 1.14. The molecule has 0 aliphatic carbocycles. The van der Waals surface area contributed by atoms with Gasteiger partial charge in [0.15, 0.2) is 0 Å². The van der Waals surface area contributed by atoms with E-state index in [0.717, 1.165) is 0 Å². The molecule has 12 heavy (non-hydrogen) atoms. The van der Waals surface area contributed by atoms with Crippen LogP contribution >= 0.6 is 0 Å². The van der Waals surface area contributed by atoms with Crippen LogP contribution in [0.15, 0.2) is 0 Å². The summed E-state index contributed by atoms with van der Waals surface area (Å²) >= 11 is 0. The lowest BCUT2D eigenvalue weighted by Gasteiger charge is -2.16. The molecule has 0 atom stereocenters. The van der Waals surface area contributed by atoms with Crippen LogP contribution in [-0.4, -0.2) is 20.8 Å². The Hall–Kier alpha value is 0.177. The molecule has 0 bridgehead atoms. The van der Waals surface area contributed by atoms with Gasteiger partial charge in [-0.25, -0.2) is 0 Å². The van der Waals surface area contributed by atoms with Crippen molar-refractivity contribution in [1.29, 1.82) is 0 Å². The molecule has 0 rings (SSSR count). The van der Waals surface area contributed by atoms with Gasteiger partial charge in [0.05, 0.1) is 8.07 Å². The van der Waals surface area contributed by atoms with E-state index in [1.165, 1.54) is 38.4 Å². The topological polar surface area (TPSA) is 12.0 Å². The molecule has 0 radical (unpaired) electrons. The van der Waals surface area contributed by atoms with Gasteiger partial charge in [0.25, 0.3) is 0 Å². The summed E-state index contributed by atoms with van der Waals surface area (Å²) in [7, 11) is -0.837. The molecule has 0 heterocycles. The number of hydrogen-bond acceptors (Lipinski definition) is 1. The highest BCUT2D eigenvalue weighted by Crippen LogP contribution is 1.99. The fourth-order valence-corrected chi connectivity index (χ4v) is 2.07.